The maximum Gasteiger partial charge on any atom is 0.0922 e. The van der Waals surface area contributed by atoms with Gasteiger partial charge in [0, 0.05) is 0 Å². The van der Waals surface area contributed by atoms with E-state index in [1.165, 1.54) is 12.5 Å². The highest BCUT2D eigenvalue weighted by atomic mass is 16.3. The summed E-state index contributed by atoms with van der Waals surface area (Å²) >= 11 is 0. The molecular weight excluding hydrogens is 90.1 g/mol. The number of rotatable bonds is 0. The lowest BCUT2D eigenvalue weighted by atomic mass is 10.5. The summed E-state index contributed by atoms with van der Waals surface area (Å²) in [6.07, 6.45) is 2.95. The molecule has 36 valence electrons. The topological polar surface area (TPSA) is 37.0 Å². The molecule has 0 bridgehead atoms. The Morgan fingerprint density at radius 1 is 1.29 bits per heavy atom. The first-order valence-electron chi connectivity index (χ1n) is 1.97. The zero-order valence-corrected chi connectivity index (χ0v) is 3.72. The van der Waals surface area contributed by atoms with Crippen LogP contribution in [0.4, 0.5) is 0 Å². The van der Waals surface area contributed by atoms with Crippen LogP contribution in [-0.4, -0.2) is 0 Å². The van der Waals surface area contributed by atoms with Crippen molar-refractivity contribution < 1.29 is 4.42 Å². The van der Waals surface area contributed by atoms with Gasteiger partial charge < -0.3 is 9.83 Å². The first-order valence-corrected chi connectivity index (χ1v) is 1.97. The highest BCUT2D eigenvalue weighted by Gasteiger charge is 1.68. The van der Waals surface area contributed by atoms with E-state index >= 15 is 0 Å². The third kappa shape index (κ3) is 0.892. The molecule has 1 rings (SSSR count). The SMILES string of the molecule is N=c1ccocc1. The molecule has 0 radical (unpaired) electrons. The van der Waals surface area contributed by atoms with Gasteiger partial charge >= 0.3 is 0 Å². The van der Waals surface area contributed by atoms with E-state index in [0.29, 0.717) is 5.36 Å². The average molecular weight is 95.1 g/mol. The molecule has 0 aliphatic heterocycles. The summed E-state index contributed by atoms with van der Waals surface area (Å²) < 4.78 is 4.64. The molecule has 0 saturated carbocycles. The van der Waals surface area contributed by atoms with Gasteiger partial charge in [-0.25, -0.2) is 0 Å². The summed E-state index contributed by atoms with van der Waals surface area (Å²) in [5.41, 5.74) is 0. The van der Waals surface area contributed by atoms with Crippen LogP contribution in [0.1, 0.15) is 0 Å². The predicted octanol–water partition coefficient (Wildman–Crippen LogP) is 0.759. The van der Waals surface area contributed by atoms with Gasteiger partial charge in [-0.05, 0) is 12.1 Å². The van der Waals surface area contributed by atoms with Gasteiger partial charge in [-0.1, -0.05) is 0 Å². The van der Waals surface area contributed by atoms with Crippen LogP contribution in [0.5, 0.6) is 0 Å². The molecule has 0 unspecified atom stereocenters. The van der Waals surface area contributed by atoms with Crippen molar-refractivity contribution in [2.45, 2.75) is 0 Å². The van der Waals surface area contributed by atoms with Crippen LogP contribution in [-0.2, 0) is 0 Å². The van der Waals surface area contributed by atoms with Crippen molar-refractivity contribution >= 4 is 0 Å². The molecule has 0 aromatic carbocycles. The van der Waals surface area contributed by atoms with E-state index in [0.717, 1.165) is 0 Å². The molecule has 1 aromatic rings. The molecule has 2 nitrogen and oxygen atoms in total. The minimum atomic E-state index is 0.478. The molecule has 0 aliphatic rings. The fraction of sp³-hybridized carbons (Fsp3) is 0. The van der Waals surface area contributed by atoms with Gasteiger partial charge in [-0.15, -0.1) is 0 Å². The van der Waals surface area contributed by atoms with Crippen LogP contribution in [0, 0.1) is 5.41 Å². The lowest BCUT2D eigenvalue weighted by molar-refractivity contribution is 0.547. The van der Waals surface area contributed by atoms with Crippen LogP contribution in [0.2, 0.25) is 0 Å². The minimum Gasteiger partial charge on any atom is -0.472 e. The van der Waals surface area contributed by atoms with Crippen LogP contribution in [0.3, 0.4) is 0 Å². The minimum absolute atomic E-state index is 0.478. The van der Waals surface area contributed by atoms with Crippen LogP contribution >= 0.6 is 0 Å². The Balaban J connectivity index is 3.28. The summed E-state index contributed by atoms with van der Waals surface area (Å²) in [5, 5.41) is 7.41. The Morgan fingerprint density at radius 2 is 1.86 bits per heavy atom. The molecular formula is C5H5NO. The van der Waals surface area contributed by atoms with Gasteiger partial charge in [-0.2, -0.15) is 0 Å². The summed E-state index contributed by atoms with van der Waals surface area (Å²) in [4.78, 5) is 0. The van der Waals surface area contributed by atoms with E-state index in [1.807, 2.05) is 0 Å². The van der Waals surface area contributed by atoms with E-state index in [-0.39, 0.29) is 0 Å². The van der Waals surface area contributed by atoms with Gasteiger partial charge in [0.2, 0.25) is 0 Å². The summed E-state index contributed by atoms with van der Waals surface area (Å²) in [6, 6.07) is 3.17. The van der Waals surface area contributed by atoms with Gasteiger partial charge in [0.1, 0.15) is 0 Å². The van der Waals surface area contributed by atoms with Crippen molar-refractivity contribution in [3.8, 4) is 0 Å². The van der Waals surface area contributed by atoms with Gasteiger partial charge in [0.05, 0.1) is 17.9 Å². The fourth-order valence-corrected chi connectivity index (χ4v) is 0.326. The molecule has 7 heavy (non-hydrogen) atoms. The largest absolute Gasteiger partial charge is 0.472 e. The third-order valence-electron chi connectivity index (χ3n) is 0.652. The standard InChI is InChI=1S/C5H5NO/c6-5-1-3-7-4-2-5/h1-4,6H. The van der Waals surface area contributed by atoms with Gasteiger partial charge in [0.15, 0.2) is 0 Å². The van der Waals surface area contributed by atoms with Crippen LogP contribution in [0.15, 0.2) is 29.1 Å². The molecule has 2 heteroatoms. The molecule has 1 heterocycles. The zero-order valence-electron chi connectivity index (χ0n) is 3.72. The molecule has 1 N–H and O–H groups in total. The second-order valence-corrected chi connectivity index (χ2v) is 1.20. The Bertz CT molecular complexity index is 174. The number of nitrogens with one attached hydrogen (secondary N) is 1. The van der Waals surface area contributed by atoms with E-state index in [4.69, 9.17) is 5.41 Å². The van der Waals surface area contributed by atoms with E-state index in [1.54, 1.807) is 12.1 Å². The number of hydrogen-bond acceptors (Lipinski definition) is 2. The molecule has 0 saturated heterocycles. The quantitative estimate of drug-likeness (QED) is 0.507. The smallest absolute Gasteiger partial charge is 0.0922 e. The Hall–Kier alpha value is -1.05. The van der Waals surface area contributed by atoms with Gasteiger partial charge in [0.25, 0.3) is 0 Å². The Morgan fingerprint density at radius 3 is 2.14 bits per heavy atom. The van der Waals surface area contributed by atoms with Crippen molar-refractivity contribution in [1.82, 2.24) is 0 Å². The van der Waals surface area contributed by atoms with Crippen LogP contribution < -0.4 is 5.36 Å². The zero-order chi connectivity index (χ0) is 5.11. The molecule has 0 amide bonds. The first-order chi connectivity index (χ1) is 3.39. The van der Waals surface area contributed by atoms with E-state index in [2.05, 4.69) is 4.42 Å². The monoisotopic (exact) mass is 95.0 g/mol. The van der Waals surface area contributed by atoms with E-state index in [9.17, 15) is 0 Å². The highest BCUT2D eigenvalue weighted by Crippen LogP contribution is 1.72. The lowest BCUT2D eigenvalue weighted by Crippen LogP contribution is -1.91. The maximum absolute atomic E-state index is 6.94. The van der Waals surface area contributed by atoms with Gasteiger partial charge in [-0.3, -0.25) is 0 Å². The molecule has 0 fully saturated rings. The number of hydrogen-bond donors (Lipinski definition) is 1. The molecule has 0 aliphatic carbocycles. The molecule has 0 atom stereocenters. The highest BCUT2D eigenvalue weighted by molar-refractivity contribution is 4.83. The summed E-state index contributed by atoms with van der Waals surface area (Å²) in [5.74, 6) is 0. The van der Waals surface area contributed by atoms with Crippen molar-refractivity contribution in [1.29, 1.82) is 5.41 Å². The Labute approximate surface area is 40.9 Å². The molecule has 1 aromatic heterocycles. The lowest BCUT2D eigenvalue weighted by Gasteiger charge is -1.75. The van der Waals surface area contributed by atoms with E-state index < -0.39 is 0 Å². The second-order valence-electron chi connectivity index (χ2n) is 1.20. The van der Waals surface area contributed by atoms with Crippen molar-refractivity contribution in [3.05, 3.63) is 30.0 Å². The Kier molecular flexibility index (Phi) is 0.941. The summed E-state index contributed by atoms with van der Waals surface area (Å²) in [7, 11) is 0. The normalized spacial score (nSPS) is 8.57. The van der Waals surface area contributed by atoms with Crippen molar-refractivity contribution in [2.24, 2.45) is 0 Å². The average Bonchev–Trinajstić information content (AvgIpc) is 1.69. The molecule has 0 spiro atoms. The van der Waals surface area contributed by atoms with Crippen molar-refractivity contribution in [3.63, 3.8) is 0 Å². The fourth-order valence-electron chi connectivity index (χ4n) is 0.326. The second kappa shape index (κ2) is 1.60. The predicted molar refractivity (Wildman–Crippen MR) is 24.6 cm³/mol. The summed E-state index contributed by atoms with van der Waals surface area (Å²) in [6.45, 7) is 0. The maximum atomic E-state index is 6.94. The van der Waals surface area contributed by atoms with Crippen molar-refractivity contribution in [2.75, 3.05) is 0 Å². The first kappa shape index (κ1) is 4.12. The third-order valence-corrected chi connectivity index (χ3v) is 0.652. The van der Waals surface area contributed by atoms with Crippen LogP contribution in [0.25, 0.3) is 0 Å².